The number of carbonyl (C=O) groups excluding carboxylic acids is 2. The van der Waals surface area contributed by atoms with Gasteiger partial charge in [0.2, 0.25) is 5.91 Å². The average Bonchev–Trinajstić information content (AvgIpc) is 2.59. The highest BCUT2D eigenvalue weighted by Gasteiger charge is 2.29. The monoisotopic (exact) mass is 363 g/mol. The summed E-state index contributed by atoms with van der Waals surface area (Å²) in [4.78, 5) is 47.8. The van der Waals surface area contributed by atoms with E-state index in [9.17, 15) is 24.3 Å². The van der Waals surface area contributed by atoms with Gasteiger partial charge >= 0.3 is 5.69 Å². The molecule has 0 saturated carbocycles. The topological polar surface area (TPSA) is 110 Å². The minimum Gasteiger partial charge on any atom is -0.391 e. The molecule has 2 N–H and O–H groups in total. The molecule has 1 aromatic rings. The quantitative estimate of drug-likeness (QED) is 0.723. The van der Waals surface area contributed by atoms with E-state index in [1.54, 1.807) is 26.8 Å². The number of aryl methyl sites for hydroxylation is 1. The fourth-order valence-electron chi connectivity index (χ4n) is 3.13. The first-order valence-corrected chi connectivity index (χ1v) is 8.59. The summed E-state index contributed by atoms with van der Waals surface area (Å²) in [7, 11) is 1.40. The van der Waals surface area contributed by atoms with Crippen molar-refractivity contribution in [2.75, 3.05) is 0 Å². The lowest BCUT2D eigenvalue weighted by molar-refractivity contribution is -0.132. The van der Waals surface area contributed by atoms with Crippen LogP contribution in [0.2, 0.25) is 0 Å². The Labute approximate surface area is 151 Å². The van der Waals surface area contributed by atoms with Gasteiger partial charge < -0.3 is 5.11 Å². The van der Waals surface area contributed by atoms with E-state index in [0.29, 0.717) is 24.0 Å². The molecule has 142 valence electrons. The van der Waals surface area contributed by atoms with Crippen molar-refractivity contribution in [2.24, 2.45) is 18.9 Å². The number of allylic oxidation sites excluding steroid dienone is 1. The highest BCUT2D eigenvalue weighted by molar-refractivity contribution is 6.04. The number of nitrogens with one attached hydrogen (secondary N) is 1. The Balaban J connectivity index is 2.17. The third-order valence-electron chi connectivity index (χ3n) is 4.95. The number of imide groups is 1. The number of rotatable bonds is 4. The number of aliphatic hydroxyl groups excluding tert-OH is 1. The fourth-order valence-corrected chi connectivity index (χ4v) is 3.13. The lowest BCUT2D eigenvalue weighted by atomic mass is 9.84. The lowest BCUT2D eigenvalue weighted by Crippen LogP contribution is -2.42. The maximum absolute atomic E-state index is 12.2. The van der Waals surface area contributed by atoms with Crippen LogP contribution in [-0.2, 0) is 23.2 Å². The minimum absolute atomic E-state index is 0.0280. The van der Waals surface area contributed by atoms with Gasteiger partial charge in [0.05, 0.1) is 12.6 Å². The zero-order valence-corrected chi connectivity index (χ0v) is 15.5. The van der Waals surface area contributed by atoms with E-state index in [1.807, 2.05) is 0 Å². The Morgan fingerprint density at radius 2 is 1.92 bits per heavy atom. The van der Waals surface area contributed by atoms with Crippen LogP contribution >= 0.6 is 0 Å². The van der Waals surface area contributed by atoms with Gasteiger partial charge in [-0.3, -0.25) is 28.8 Å². The van der Waals surface area contributed by atoms with E-state index in [2.05, 4.69) is 5.32 Å². The summed E-state index contributed by atoms with van der Waals surface area (Å²) in [6.07, 6.45) is 3.11. The van der Waals surface area contributed by atoms with Gasteiger partial charge in [-0.25, -0.2) is 4.79 Å². The van der Waals surface area contributed by atoms with Crippen LogP contribution in [0.5, 0.6) is 0 Å². The molecule has 0 saturated heterocycles. The number of amides is 2. The van der Waals surface area contributed by atoms with E-state index in [1.165, 1.54) is 17.8 Å². The molecule has 8 heteroatoms. The van der Waals surface area contributed by atoms with Crippen LogP contribution in [0, 0.1) is 18.8 Å². The molecule has 0 aliphatic carbocycles. The van der Waals surface area contributed by atoms with Crippen LogP contribution in [0.25, 0.3) is 0 Å². The molecule has 1 aliphatic heterocycles. The van der Waals surface area contributed by atoms with E-state index >= 15 is 0 Å². The van der Waals surface area contributed by atoms with Crippen LogP contribution in [0.1, 0.15) is 32.3 Å². The van der Waals surface area contributed by atoms with Crippen molar-refractivity contribution in [1.82, 2.24) is 14.5 Å². The van der Waals surface area contributed by atoms with E-state index in [4.69, 9.17) is 0 Å². The Morgan fingerprint density at radius 1 is 1.27 bits per heavy atom. The molecular formula is C18H25N3O5. The van der Waals surface area contributed by atoms with E-state index < -0.39 is 23.6 Å². The Hall–Kier alpha value is -2.48. The zero-order valence-electron chi connectivity index (χ0n) is 15.5. The molecule has 2 rings (SSSR count). The van der Waals surface area contributed by atoms with Gasteiger partial charge in [0.15, 0.2) is 0 Å². The first-order chi connectivity index (χ1) is 12.1. The Morgan fingerprint density at radius 3 is 2.58 bits per heavy atom. The molecule has 8 nitrogen and oxygen atoms in total. The van der Waals surface area contributed by atoms with Gasteiger partial charge in [0, 0.05) is 30.3 Å². The van der Waals surface area contributed by atoms with Gasteiger partial charge in [0.25, 0.3) is 11.5 Å². The third kappa shape index (κ3) is 4.19. The molecule has 0 bridgehead atoms. The predicted octanol–water partition coefficient (Wildman–Crippen LogP) is -0.148. The van der Waals surface area contributed by atoms with E-state index in [0.717, 1.165) is 4.57 Å². The number of hydrogen-bond acceptors (Lipinski definition) is 5. The first kappa shape index (κ1) is 19.8. The molecule has 1 aromatic heterocycles. The predicted molar refractivity (Wildman–Crippen MR) is 95.5 cm³/mol. The fraction of sp³-hybridized carbons (Fsp3) is 0.556. The van der Waals surface area contributed by atoms with Crippen molar-refractivity contribution in [3.63, 3.8) is 0 Å². The van der Waals surface area contributed by atoms with Crippen LogP contribution in [-0.4, -0.2) is 32.2 Å². The molecule has 3 atom stereocenters. The summed E-state index contributed by atoms with van der Waals surface area (Å²) in [5.74, 6) is -1.38. The van der Waals surface area contributed by atoms with Crippen LogP contribution in [0.3, 0.4) is 0 Å². The van der Waals surface area contributed by atoms with Crippen molar-refractivity contribution in [3.05, 3.63) is 44.2 Å². The molecule has 3 unspecified atom stereocenters. The van der Waals surface area contributed by atoms with Crippen molar-refractivity contribution < 1.29 is 14.7 Å². The summed E-state index contributed by atoms with van der Waals surface area (Å²) in [5, 5.41) is 12.8. The standard InChI is InChI=1S/C18H25N3O5/c1-10-5-6-13(12(3)16(24)19-15(10)23)7-14(22)9-21-8-11(2)17(25)20(4)18(21)26/h5,8,12-14,22H,6-7,9H2,1-4H3,(H,19,23,24). The highest BCUT2D eigenvalue weighted by Crippen LogP contribution is 2.25. The number of carbonyl (C=O) groups is 2. The summed E-state index contributed by atoms with van der Waals surface area (Å²) in [6.45, 7) is 4.99. The van der Waals surface area contributed by atoms with Crippen LogP contribution in [0.4, 0.5) is 0 Å². The van der Waals surface area contributed by atoms with Gasteiger partial charge in [0.1, 0.15) is 0 Å². The van der Waals surface area contributed by atoms with Gasteiger partial charge in [-0.2, -0.15) is 0 Å². The minimum atomic E-state index is -0.867. The van der Waals surface area contributed by atoms with Gasteiger partial charge in [-0.05, 0) is 32.6 Å². The summed E-state index contributed by atoms with van der Waals surface area (Å²) >= 11 is 0. The molecule has 0 spiro atoms. The number of aromatic nitrogens is 2. The molecule has 0 aromatic carbocycles. The summed E-state index contributed by atoms with van der Waals surface area (Å²) in [5.41, 5.74) is 0.0190. The van der Waals surface area contributed by atoms with Gasteiger partial charge in [-0.1, -0.05) is 13.0 Å². The number of nitrogens with zero attached hydrogens (tertiary/aromatic N) is 2. The normalized spacial score (nSPS) is 22.3. The highest BCUT2D eigenvalue weighted by atomic mass is 16.3. The molecule has 2 amide bonds. The summed E-state index contributed by atoms with van der Waals surface area (Å²) < 4.78 is 2.31. The second kappa shape index (κ2) is 7.82. The number of aliphatic hydroxyl groups is 1. The second-order valence-corrected chi connectivity index (χ2v) is 6.99. The van der Waals surface area contributed by atoms with Crippen molar-refractivity contribution in [3.8, 4) is 0 Å². The van der Waals surface area contributed by atoms with Gasteiger partial charge in [-0.15, -0.1) is 0 Å². The first-order valence-electron chi connectivity index (χ1n) is 8.59. The third-order valence-corrected chi connectivity index (χ3v) is 4.95. The molecule has 2 heterocycles. The molecule has 0 fully saturated rings. The van der Waals surface area contributed by atoms with Crippen LogP contribution < -0.4 is 16.6 Å². The second-order valence-electron chi connectivity index (χ2n) is 6.99. The van der Waals surface area contributed by atoms with E-state index in [-0.39, 0.29) is 23.9 Å². The molecule has 0 radical (unpaired) electrons. The number of hydrogen-bond donors (Lipinski definition) is 2. The molecule has 26 heavy (non-hydrogen) atoms. The van der Waals surface area contributed by atoms with Crippen molar-refractivity contribution >= 4 is 11.8 Å². The van der Waals surface area contributed by atoms with Crippen LogP contribution in [0.15, 0.2) is 27.4 Å². The van der Waals surface area contributed by atoms with Crippen molar-refractivity contribution in [1.29, 1.82) is 0 Å². The molecular weight excluding hydrogens is 338 g/mol. The largest absolute Gasteiger partial charge is 0.391 e. The lowest BCUT2D eigenvalue weighted by Gasteiger charge is -2.26. The maximum Gasteiger partial charge on any atom is 0.330 e. The SMILES string of the molecule is CC1=CCC(CC(O)Cn2cc(C)c(=O)n(C)c2=O)C(C)C(=O)NC1=O. The Kier molecular flexibility index (Phi) is 5.97. The Bertz CT molecular complexity index is 865. The molecule has 1 aliphatic rings. The summed E-state index contributed by atoms with van der Waals surface area (Å²) in [6, 6.07) is 0. The smallest absolute Gasteiger partial charge is 0.330 e. The van der Waals surface area contributed by atoms with Crippen molar-refractivity contribution in [2.45, 2.75) is 46.3 Å². The average molecular weight is 363 g/mol. The maximum atomic E-state index is 12.2. The zero-order chi connectivity index (χ0) is 19.6.